The smallest absolute Gasteiger partial charge is 0.0603 e. The zero-order valence-corrected chi connectivity index (χ0v) is 7.17. The van der Waals surface area contributed by atoms with Crippen molar-refractivity contribution in [3.63, 3.8) is 0 Å². The molecule has 0 radical (unpaired) electrons. The first kappa shape index (κ1) is 8.53. The molecule has 0 spiro atoms. The fourth-order valence-corrected chi connectivity index (χ4v) is 1.08. The number of nitrogens with zero attached hydrogens (tertiary/aromatic N) is 1. The fraction of sp³-hybridized carbons (Fsp3) is 0.100. The van der Waals surface area contributed by atoms with Crippen LogP contribution in [0.3, 0.4) is 0 Å². The van der Waals surface area contributed by atoms with Gasteiger partial charge in [0.15, 0.2) is 0 Å². The van der Waals surface area contributed by atoms with Crippen LogP contribution < -0.4 is 5.32 Å². The number of hydrogen-bond acceptors (Lipinski definition) is 2. The van der Waals surface area contributed by atoms with E-state index in [2.05, 4.69) is 23.5 Å². The molecule has 0 saturated carbocycles. The summed E-state index contributed by atoms with van der Waals surface area (Å²) in [6, 6.07) is 0. The normalized spacial score (nSPS) is 9.08. The Bertz CT molecular complexity index is 303. The first-order valence-corrected chi connectivity index (χ1v) is 3.74. The first-order valence-electron chi connectivity index (χ1n) is 3.74. The minimum absolute atomic E-state index is 0.974. The average molecular weight is 160 g/mol. The highest BCUT2D eigenvalue weighted by Gasteiger charge is 2.00. The van der Waals surface area contributed by atoms with E-state index in [0.29, 0.717) is 0 Å². The van der Waals surface area contributed by atoms with Gasteiger partial charge in [0.25, 0.3) is 0 Å². The van der Waals surface area contributed by atoms with Crippen LogP contribution in [0.25, 0.3) is 12.2 Å². The molecule has 2 heteroatoms. The minimum Gasteiger partial charge on any atom is -0.386 e. The van der Waals surface area contributed by atoms with Gasteiger partial charge in [-0.25, -0.2) is 0 Å². The molecule has 12 heavy (non-hydrogen) atoms. The lowest BCUT2D eigenvalue weighted by atomic mass is 10.1. The van der Waals surface area contributed by atoms with Gasteiger partial charge in [-0.05, 0) is 0 Å². The zero-order chi connectivity index (χ0) is 8.97. The molecule has 0 amide bonds. The summed E-state index contributed by atoms with van der Waals surface area (Å²) >= 11 is 0. The molecular weight excluding hydrogens is 148 g/mol. The Kier molecular flexibility index (Phi) is 2.64. The van der Waals surface area contributed by atoms with Crippen LogP contribution in [0.5, 0.6) is 0 Å². The second-order valence-electron chi connectivity index (χ2n) is 2.35. The van der Waals surface area contributed by atoms with Crippen LogP contribution in [-0.4, -0.2) is 12.0 Å². The average Bonchev–Trinajstić information content (AvgIpc) is 2.16. The third kappa shape index (κ3) is 1.37. The molecule has 0 bridgehead atoms. The van der Waals surface area contributed by atoms with Crippen molar-refractivity contribution in [1.82, 2.24) is 4.98 Å². The second kappa shape index (κ2) is 3.72. The van der Waals surface area contributed by atoms with Gasteiger partial charge in [0.2, 0.25) is 0 Å². The molecule has 0 fully saturated rings. The molecule has 0 aromatic carbocycles. The van der Waals surface area contributed by atoms with Crippen molar-refractivity contribution in [2.75, 3.05) is 12.4 Å². The summed E-state index contributed by atoms with van der Waals surface area (Å²) in [6.07, 6.45) is 7.10. The van der Waals surface area contributed by atoms with Crippen molar-refractivity contribution in [3.8, 4) is 0 Å². The van der Waals surface area contributed by atoms with E-state index in [0.717, 1.165) is 16.8 Å². The van der Waals surface area contributed by atoms with Crippen molar-refractivity contribution in [3.05, 3.63) is 36.7 Å². The highest BCUT2D eigenvalue weighted by molar-refractivity contribution is 5.73. The van der Waals surface area contributed by atoms with Gasteiger partial charge in [-0.3, -0.25) is 4.98 Å². The molecule has 1 heterocycles. The van der Waals surface area contributed by atoms with Gasteiger partial charge in [0.05, 0.1) is 11.9 Å². The third-order valence-electron chi connectivity index (χ3n) is 1.71. The summed E-state index contributed by atoms with van der Waals surface area (Å²) < 4.78 is 0. The Hall–Kier alpha value is -1.57. The maximum Gasteiger partial charge on any atom is 0.0603 e. The predicted octanol–water partition coefficient (Wildman–Crippen LogP) is 2.41. The molecule has 0 atom stereocenters. The van der Waals surface area contributed by atoms with E-state index in [1.54, 1.807) is 24.5 Å². The van der Waals surface area contributed by atoms with E-state index in [1.165, 1.54) is 0 Å². The van der Waals surface area contributed by atoms with Crippen LogP contribution in [-0.2, 0) is 0 Å². The number of nitrogens with one attached hydrogen (secondary N) is 1. The van der Waals surface area contributed by atoms with Gasteiger partial charge in [0.1, 0.15) is 0 Å². The Morgan fingerprint density at radius 2 is 2.08 bits per heavy atom. The van der Waals surface area contributed by atoms with Gasteiger partial charge in [-0.15, -0.1) is 0 Å². The lowest BCUT2D eigenvalue weighted by molar-refractivity contribution is 1.29. The van der Waals surface area contributed by atoms with Crippen molar-refractivity contribution in [2.24, 2.45) is 0 Å². The Morgan fingerprint density at radius 3 is 2.58 bits per heavy atom. The van der Waals surface area contributed by atoms with Crippen LogP contribution in [0.2, 0.25) is 0 Å². The Balaban J connectivity index is 3.31. The van der Waals surface area contributed by atoms with Crippen molar-refractivity contribution in [1.29, 1.82) is 0 Å². The molecule has 0 aliphatic carbocycles. The molecular formula is C10H12N2. The lowest BCUT2D eigenvalue weighted by Crippen LogP contribution is -1.94. The van der Waals surface area contributed by atoms with Crippen molar-refractivity contribution in [2.45, 2.75) is 0 Å². The molecule has 1 rings (SSSR count). The van der Waals surface area contributed by atoms with Crippen LogP contribution in [0, 0.1) is 0 Å². The van der Waals surface area contributed by atoms with Gasteiger partial charge in [-0.1, -0.05) is 25.3 Å². The molecule has 62 valence electrons. The highest BCUT2D eigenvalue weighted by Crippen LogP contribution is 2.19. The van der Waals surface area contributed by atoms with Crippen LogP contribution in [0.4, 0.5) is 5.69 Å². The summed E-state index contributed by atoms with van der Waals surface area (Å²) in [5.74, 6) is 0. The van der Waals surface area contributed by atoms with E-state index in [9.17, 15) is 0 Å². The summed E-state index contributed by atoms with van der Waals surface area (Å²) in [5.41, 5.74) is 3.02. The van der Waals surface area contributed by atoms with E-state index >= 15 is 0 Å². The van der Waals surface area contributed by atoms with Gasteiger partial charge in [-0.2, -0.15) is 0 Å². The van der Waals surface area contributed by atoms with E-state index in [-0.39, 0.29) is 0 Å². The Morgan fingerprint density at radius 1 is 1.33 bits per heavy atom. The summed E-state index contributed by atoms with van der Waals surface area (Å²) in [6.45, 7) is 7.43. The monoisotopic (exact) mass is 160 g/mol. The van der Waals surface area contributed by atoms with Gasteiger partial charge in [0, 0.05) is 24.4 Å². The van der Waals surface area contributed by atoms with E-state index in [4.69, 9.17) is 0 Å². The minimum atomic E-state index is 0.974. The van der Waals surface area contributed by atoms with E-state index < -0.39 is 0 Å². The lowest BCUT2D eigenvalue weighted by Gasteiger charge is -2.06. The standard InChI is InChI=1S/C10H12N2/c1-4-8-6-12-7-10(11-3)9(8)5-2/h4-7,11H,1-2H2,3H3. The maximum absolute atomic E-state index is 4.05. The number of rotatable bonds is 3. The first-order chi connectivity index (χ1) is 5.83. The van der Waals surface area contributed by atoms with E-state index in [1.807, 2.05) is 7.05 Å². The molecule has 0 saturated heterocycles. The predicted molar refractivity (Wildman–Crippen MR) is 54.0 cm³/mol. The number of anilines is 1. The van der Waals surface area contributed by atoms with Crippen LogP contribution in [0.1, 0.15) is 11.1 Å². The molecule has 1 N–H and O–H groups in total. The van der Waals surface area contributed by atoms with Gasteiger partial charge < -0.3 is 5.32 Å². The summed E-state index contributed by atoms with van der Waals surface area (Å²) in [7, 11) is 1.86. The van der Waals surface area contributed by atoms with Crippen LogP contribution >= 0.6 is 0 Å². The molecule has 1 aromatic heterocycles. The van der Waals surface area contributed by atoms with Crippen molar-refractivity contribution >= 4 is 17.8 Å². The van der Waals surface area contributed by atoms with Crippen LogP contribution in [0.15, 0.2) is 25.6 Å². The number of hydrogen-bond donors (Lipinski definition) is 1. The zero-order valence-electron chi connectivity index (χ0n) is 7.17. The number of aromatic nitrogens is 1. The maximum atomic E-state index is 4.05. The third-order valence-corrected chi connectivity index (χ3v) is 1.71. The largest absolute Gasteiger partial charge is 0.386 e. The SMILES string of the molecule is C=Cc1cncc(NC)c1C=C. The molecule has 0 unspecified atom stereocenters. The molecule has 0 aliphatic heterocycles. The van der Waals surface area contributed by atoms with Crippen molar-refractivity contribution < 1.29 is 0 Å². The summed E-state index contributed by atoms with van der Waals surface area (Å²) in [4.78, 5) is 4.05. The number of pyridine rings is 1. The molecule has 1 aromatic rings. The summed E-state index contributed by atoms with van der Waals surface area (Å²) in [5, 5.41) is 3.04. The van der Waals surface area contributed by atoms with Gasteiger partial charge >= 0.3 is 0 Å². The quantitative estimate of drug-likeness (QED) is 0.734. The Labute approximate surface area is 72.6 Å². The second-order valence-corrected chi connectivity index (χ2v) is 2.35. The topological polar surface area (TPSA) is 24.9 Å². The highest BCUT2D eigenvalue weighted by atomic mass is 14.8. The molecule has 2 nitrogen and oxygen atoms in total. The fourth-order valence-electron chi connectivity index (χ4n) is 1.08. The molecule has 0 aliphatic rings.